The molecule has 1 rings (SSSR count). The molecule has 0 aromatic carbocycles. The summed E-state index contributed by atoms with van der Waals surface area (Å²) in [5.74, 6) is 0.121. The van der Waals surface area contributed by atoms with E-state index in [4.69, 9.17) is 0 Å². The molecule has 1 N–H and O–H groups in total. The Morgan fingerprint density at radius 2 is 1.79 bits per heavy atom. The lowest BCUT2D eigenvalue weighted by Crippen LogP contribution is -2.50. The van der Waals surface area contributed by atoms with Gasteiger partial charge >= 0.3 is 0 Å². The largest absolute Gasteiger partial charge is 0.345 e. The van der Waals surface area contributed by atoms with E-state index in [9.17, 15) is 9.59 Å². The summed E-state index contributed by atoms with van der Waals surface area (Å²) in [4.78, 5) is 25.7. The molecule has 1 saturated heterocycles. The van der Waals surface area contributed by atoms with Crippen LogP contribution in [-0.4, -0.2) is 52.8 Å². The third-order valence-electron chi connectivity index (χ3n) is 3.28. The lowest BCUT2D eigenvalue weighted by Gasteiger charge is -2.34. The summed E-state index contributed by atoms with van der Waals surface area (Å²) in [6, 6.07) is -0.360. The molecule has 0 saturated carbocycles. The van der Waals surface area contributed by atoms with Crippen molar-refractivity contribution >= 4 is 23.5 Å². The number of rotatable bonds is 5. The zero-order valence-electron chi connectivity index (χ0n) is 12.6. The highest BCUT2D eigenvalue weighted by Gasteiger charge is 2.26. The van der Waals surface area contributed by atoms with Crippen LogP contribution in [0, 0.1) is 5.92 Å². The van der Waals surface area contributed by atoms with Gasteiger partial charge in [-0.3, -0.25) is 14.5 Å². The summed E-state index contributed by atoms with van der Waals surface area (Å²) in [7, 11) is 0. The summed E-state index contributed by atoms with van der Waals surface area (Å²) in [5, 5.41) is 3.98. The first kappa shape index (κ1) is 16.5. The van der Waals surface area contributed by atoms with Gasteiger partial charge in [-0.25, -0.2) is 0 Å². The highest BCUT2D eigenvalue weighted by Crippen LogP contribution is 2.24. The molecule has 1 aliphatic heterocycles. The molecule has 0 bridgehead atoms. The summed E-state index contributed by atoms with van der Waals surface area (Å²) >= 11 is 1.97. The average molecular weight is 286 g/mol. The second kappa shape index (κ2) is 7.29. The van der Waals surface area contributed by atoms with E-state index < -0.39 is 0 Å². The van der Waals surface area contributed by atoms with E-state index in [0.29, 0.717) is 17.0 Å². The SMILES string of the molecule is CC(=O)C(NC(=O)CN1CC(C)SC(C)C1)C(C)C. The lowest BCUT2D eigenvalue weighted by atomic mass is 10.0. The van der Waals surface area contributed by atoms with Crippen molar-refractivity contribution < 1.29 is 9.59 Å². The fourth-order valence-corrected chi connectivity index (χ4v) is 3.96. The fraction of sp³-hybridized carbons (Fsp3) is 0.857. The van der Waals surface area contributed by atoms with E-state index >= 15 is 0 Å². The van der Waals surface area contributed by atoms with Crippen LogP contribution in [0.1, 0.15) is 34.6 Å². The zero-order valence-corrected chi connectivity index (χ0v) is 13.4. The number of nitrogens with zero attached hydrogens (tertiary/aromatic N) is 1. The minimum atomic E-state index is -0.360. The van der Waals surface area contributed by atoms with Crippen LogP contribution in [0.3, 0.4) is 0 Å². The van der Waals surface area contributed by atoms with Gasteiger partial charge in [-0.05, 0) is 12.8 Å². The molecule has 0 spiro atoms. The number of amides is 1. The average Bonchev–Trinajstić information content (AvgIpc) is 2.23. The van der Waals surface area contributed by atoms with Crippen molar-refractivity contribution in [1.29, 1.82) is 0 Å². The Kier molecular flexibility index (Phi) is 6.33. The second-order valence-corrected chi connectivity index (χ2v) is 7.73. The van der Waals surface area contributed by atoms with Crippen molar-refractivity contribution in [1.82, 2.24) is 10.2 Å². The standard InChI is InChI=1S/C14H26N2O2S/c1-9(2)14(12(5)17)15-13(18)8-16-6-10(3)19-11(4)7-16/h9-11,14H,6-8H2,1-5H3,(H,15,18). The van der Waals surface area contributed by atoms with Crippen LogP contribution in [0.4, 0.5) is 0 Å². The van der Waals surface area contributed by atoms with E-state index in [1.165, 1.54) is 6.92 Å². The van der Waals surface area contributed by atoms with Crippen molar-refractivity contribution in [2.45, 2.75) is 51.2 Å². The van der Waals surface area contributed by atoms with Gasteiger partial charge in [0.25, 0.3) is 0 Å². The van der Waals surface area contributed by atoms with Crippen molar-refractivity contribution in [2.75, 3.05) is 19.6 Å². The van der Waals surface area contributed by atoms with Gasteiger partial charge in [0.15, 0.2) is 5.78 Å². The van der Waals surface area contributed by atoms with Crippen molar-refractivity contribution in [3.05, 3.63) is 0 Å². The molecule has 4 nitrogen and oxygen atoms in total. The van der Waals surface area contributed by atoms with E-state index in [-0.39, 0.29) is 23.7 Å². The first-order valence-corrected chi connectivity index (χ1v) is 7.91. The highest BCUT2D eigenvalue weighted by atomic mass is 32.2. The number of carbonyl (C=O) groups is 2. The molecular weight excluding hydrogens is 260 g/mol. The van der Waals surface area contributed by atoms with Crippen LogP contribution < -0.4 is 5.32 Å². The van der Waals surface area contributed by atoms with E-state index in [0.717, 1.165) is 13.1 Å². The molecular formula is C14H26N2O2S. The maximum atomic E-state index is 12.0. The van der Waals surface area contributed by atoms with Crippen molar-refractivity contribution in [3.8, 4) is 0 Å². The topological polar surface area (TPSA) is 49.4 Å². The van der Waals surface area contributed by atoms with Gasteiger partial charge in [0.05, 0.1) is 12.6 Å². The molecule has 0 aliphatic carbocycles. The van der Waals surface area contributed by atoms with E-state index in [2.05, 4.69) is 24.1 Å². The van der Waals surface area contributed by atoms with E-state index in [1.54, 1.807) is 0 Å². The van der Waals surface area contributed by atoms with Crippen LogP contribution in [0.25, 0.3) is 0 Å². The maximum Gasteiger partial charge on any atom is 0.234 e. The maximum absolute atomic E-state index is 12.0. The minimum absolute atomic E-state index is 0.0271. The molecule has 3 atom stereocenters. The second-order valence-electron chi connectivity index (χ2n) is 5.85. The van der Waals surface area contributed by atoms with Gasteiger partial charge in [0.1, 0.15) is 0 Å². The van der Waals surface area contributed by atoms with Crippen molar-refractivity contribution in [3.63, 3.8) is 0 Å². The van der Waals surface area contributed by atoms with Crippen LogP contribution in [0.5, 0.6) is 0 Å². The minimum Gasteiger partial charge on any atom is -0.345 e. The summed E-state index contributed by atoms with van der Waals surface area (Å²) in [6.45, 7) is 12.1. The molecule has 1 amide bonds. The Labute approximate surface area is 120 Å². The van der Waals surface area contributed by atoms with E-state index in [1.807, 2.05) is 25.6 Å². The quantitative estimate of drug-likeness (QED) is 0.833. The molecule has 1 heterocycles. The summed E-state index contributed by atoms with van der Waals surface area (Å²) in [6.07, 6.45) is 0. The van der Waals surface area contributed by atoms with Crippen LogP contribution >= 0.6 is 11.8 Å². The fourth-order valence-electron chi connectivity index (χ4n) is 2.57. The van der Waals surface area contributed by atoms with Crippen LogP contribution in [-0.2, 0) is 9.59 Å². The highest BCUT2D eigenvalue weighted by molar-refractivity contribution is 8.00. The molecule has 19 heavy (non-hydrogen) atoms. The number of Topliss-reactive ketones (excluding diaryl/α,β-unsaturated/α-hetero) is 1. The summed E-state index contributed by atoms with van der Waals surface area (Å²) < 4.78 is 0. The molecule has 0 aromatic heterocycles. The first-order valence-electron chi connectivity index (χ1n) is 6.97. The molecule has 0 radical (unpaired) electrons. The Bertz CT molecular complexity index is 323. The number of carbonyl (C=O) groups excluding carboxylic acids is 2. The van der Waals surface area contributed by atoms with Gasteiger partial charge in [-0.15, -0.1) is 0 Å². The number of hydrogen-bond acceptors (Lipinski definition) is 4. The van der Waals surface area contributed by atoms with Crippen molar-refractivity contribution in [2.24, 2.45) is 5.92 Å². The number of thioether (sulfide) groups is 1. The lowest BCUT2D eigenvalue weighted by molar-refractivity contribution is -0.128. The van der Waals surface area contributed by atoms with Gasteiger partial charge in [0.2, 0.25) is 5.91 Å². The third-order valence-corrected chi connectivity index (χ3v) is 4.51. The third kappa shape index (κ3) is 5.53. The molecule has 110 valence electrons. The van der Waals surface area contributed by atoms with Gasteiger partial charge in [-0.1, -0.05) is 27.7 Å². The number of ketones is 1. The predicted molar refractivity (Wildman–Crippen MR) is 80.4 cm³/mol. The van der Waals surface area contributed by atoms with Gasteiger partial charge in [-0.2, -0.15) is 11.8 Å². The molecule has 0 aromatic rings. The number of nitrogens with one attached hydrogen (secondary N) is 1. The number of hydrogen-bond donors (Lipinski definition) is 1. The Hall–Kier alpha value is -0.550. The monoisotopic (exact) mass is 286 g/mol. The van der Waals surface area contributed by atoms with Crippen LogP contribution in [0.2, 0.25) is 0 Å². The Morgan fingerprint density at radius 3 is 2.21 bits per heavy atom. The predicted octanol–water partition coefficient (Wildman–Crippen LogP) is 1.54. The molecule has 1 aliphatic rings. The Balaban J connectivity index is 2.48. The van der Waals surface area contributed by atoms with Gasteiger partial charge in [0, 0.05) is 23.6 Å². The van der Waals surface area contributed by atoms with Crippen LogP contribution in [0.15, 0.2) is 0 Å². The molecule has 1 fully saturated rings. The Morgan fingerprint density at radius 1 is 1.26 bits per heavy atom. The van der Waals surface area contributed by atoms with Gasteiger partial charge < -0.3 is 5.32 Å². The first-order chi connectivity index (χ1) is 8.79. The zero-order chi connectivity index (χ0) is 14.6. The normalized spacial score (nSPS) is 26.2. The smallest absolute Gasteiger partial charge is 0.234 e. The molecule has 3 unspecified atom stereocenters. The summed E-state index contributed by atoms with van der Waals surface area (Å²) in [5.41, 5.74) is 0. The molecule has 5 heteroatoms.